The van der Waals surface area contributed by atoms with Crippen molar-refractivity contribution in [3.05, 3.63) is 45.7 Å². The molecule has 2 aromatic rings. The number of rotatable bonds is 5. The lowest BCUT2D eigenvalue weighted by Gasteiger charge is -2.30. The monoisotopic (exact) mass is 359 g/mol. The Balaban J connectivity index is 2.07. The Bertz CT molecular complexity index is 832. The summed E-state index contributed by atoms with van der Waals surface area (Å²) in [5, 5.41) is 0.556. The Morgan fingerprint density at radius 3 is 2.68 bits per heavy atom. The number of nitrogens with zero attached hydrogens (tertiary/aromatic N) is 2. The second-order valence-electron chi connectivity index (χ2n) is 5.94. The number of carbonyl (C=O) groups is 1. The fraction of sp³-hybridized carbons (Fsp3) is 0.389. The van der Waals surface area contributed by atoms with Crippen molar-refractivity contribution in [1.82, 2.24) is 9.97 Å². The lowest BCUT2D eigenvalue weighted by molar-refractivity contribution is -0.118. The molecule has 1 amide bonds. The first kappa shape index (κ1) is 17.5. The number of nitrogens with one attached hydrogen (secondary N) is 1. The van der Waals surface area contributed by atoms with E-state index in [0.29, 0.717) is 16.5 Å². The van der Waals surface area contributed by atoms with E-state index >= 15 is 0 Å². The molecule has 0 spiro atoms. The smallest absolute Gasteiger partial charge is 0.257 e. The third-order valence-corrected chi connectivity index (χ3v) is 5.37. The summed E-state index contributed by atoms with van der Waals surface area (Å²) in [7, 11) is 3.28. The van der Waals surface area contributed by atoms with Gasteiger partial charge in [-0.25, -0.2) is 4.98 Å². The molecule has 25 heavy (non-hydrogen) atoms. The fourth-order valence-electron chi connectivity index (χ4n) is 2.94. The zero-order valence-corrected chi connectivity index (χ0v) is 15.4. The molecule has 1 N–H and O–H groups in total. The van der Waals surface area contributed by atoms with Gasteiger partial charge in [-0.2, -0.15) is 0 Å². The molecule has 0 bridgehead atoms. The van der Waals surface area contributed by atoms with Crippen LogP contribution in [0.2, 0.25) is 0 Å². The fourth-order valence-corrected chi connectivity index (χ4v) is 3.65. The lowest BCUT2D eigenvalue weighted by Crippen LogP contribution is -2.38. The summed E-state index contributed by atoms with van der Waals surface area (Å²) in [6, 6.07) is 7.46. The summed E-state index contributed by atoms with van der Waals surface area (Å²) in [5.74, 6) is 1.71. The van der Waals surface area contributed by atoms with Crippen LogP contribution in [0.15, 0.2) is 34.2 Å². The zero-order valence-electron chi connectivity index (χ0n) is 14.5. The van der Waals surface area contributed by atoms with Gasteiger partial charge < -0.3 is 9.72 Å². The number of carbonyl (C=O) groups excluding carboxylic acids is 1. The van der Waals surface area contributed by atoms with Crippen molar-refractivity contribution in [3.63, 3.8) is 0 Å². The van der Waals surface area contributed by atoms with Crippen molar-refractivity contribution < 1.29 is 9.53 Å². The molecule has 3 rings (SSSR count). The minimum atomic E-state index is -0.300. The molecule has 0 radical (unpaired) electrons. The highest BCUT2D eigenvalue weighted by atomic mass is 32.2. The number of ether oxygens (including phenoxy) is 1. The largest absolute Gasteiger partial charge is 0.497 e. The number of hydrogen-bond acceptors (Lipinski definition) is 5. The molecule has 2 heterocycles. The van der Waals surface area contributed by atoms with E-state index in [1.165, 1.54) is 16.7 Å². The molecule has 7 heteroatoms. The molecule has 6 nitrogen and oxygen atoms in total. The molecule has 0 saturated carbocycles. The van der Waals surface area contributed by atoms with Gasteiger partial charge in [-0.3, -0.25) is 14.5 Å². The average molecular weight is 359 g/mol. The quantitative estimate of drug-likeness (QED) is 0.656. The third kappa shape index (κ3) is 3.42. The maximum atomic E-state index is 12.7. The number of anilines is 1. The predicted octanol–water partition coefficient (Wildman–Crippen LogP) is 2.78. The summed E-state index contributed by atoms with van der Waals surface area (Å²) in [6.07, 6.45) is 1.23. The topological polar surface area (TPSA) is 75.3 Å². The standard InChI is InChI=1S/C18H21N3O3S/c1-4-9-25-18-19-16-15(17(23)20-18)13(10-14(22)21(16)2)11-5-7-12(24-3)8-6-11/h5-8,13H,4,9-10H2,1-3H3,(H,19,20,23). The summed E-state index contributed by atoms with van der Waals surface area (Å²) >= 11 is 1.49. The maximum Gasteiger partial charge on any atom is 0.257 e. The van der Waals surface area contributed by atoms with E-state index in [0.717, 1.165) is 23.5 Å². The molecule has 1 unspecified atom stereocenters. The van der Waals surface area contributed by atoms with Gasteiger partial charge in [0, 0.05) is 25.1 Å². The number of methoxy groups -OCH3 is 1. The van der Waals surface area contributed by atoms with Crippen LogP contribution < -0.4 is 15.2 Å². The number of hydrogen-bond donors (Lipinski definition) is 1. The highest BCUT2D eigenvalue weighted by Gasteiger charge is 2.34. The molecule has 0 aliphatic carbocycles. The highest BCUT2D eigenvalue weighted by molar-refractivity contribution is 7.99. The van der Waals surface area contributed by atoms with Crippen molar-refractivity contribution in [2.75, 3.05) is 24.8 Å². The Hall–Kier alpha value is -2.28. The van der Waals surface area contributed by atoms with Crippen molar-refractivity contribution >= 4 is 23.5 Å². The molecule has 1 atom stereocenters. The molecule has 0 saturated heterocycles. The number of benzene rings is 1. The van der Waals surface area contributed by atoms with Gasteiger partial charge in [0.15, 0.2) is 5.16 Å². The van der Waals surface area contributed by atoms with Crippen LogP contribution in [0.4, 0.5) is 5.82 Å². The number of amides is 1. The first-order chi connectivity index (χ1) is 12.0. The van der Waals surface area contributed by atoms with Crippen molar-refractivity contribution in [3.8, 4) is 5.75 Å². The van der Waals surface area contributed by atoms with Crippen LogP contribution in [0.5, 0.6) is 5.75 Å². The van der Waals surface area contributed by atoms with Crippen LogP contribution in [0.25, 0.3) is 0 Å². The molecule has 1 aliphatic rings. The maximum absolute atomic E-state index is 12.7. The van der Waals surface area contributed by atoms with Crippen LogP contribution in [-0.2, 0) is 4.79 Å². The van der Waals surface area contributed by atoms with Gasteiger partial charge in [-0.05, 0) is 24.1 Å². The highest BCUT2D eigenvalue weighted by Crippen LogP contribution is 2.37. The SMILES string of the molecule is CCCSc1nc2c(c(=O)[nH]1)C(c1ccc(OC)cc1)CC(=O)N2C. The molecule has 1 aromatic heterocycles. The number of thioether (sulfide) groups is 1. The second-order valence-corrected chi connectivity index (χ2v) is 7.02. The van der Waals surface area contributed by atoms with Crippen LogP contribution in [0, 0.1) is 0 Å². The van der Waals surface area contributed by atoms with Crippen molar-refractivity contribution in [1.29, 1.82) is 0 Å². The Labute approximate surface area is 150 Å². The summed E-state index contributed by atoms with van der Waals surface area (Å²) in [6.45, 7) is 2.07. The van der Waals surface area contributed by atoms with E-state index in [1.54, 1.807) is 14.2 Å². The van der Waals surface area contributed by atoms with E-state index in [1.807, 2.05) is 24.3 Å². The predicted molar refractivity (Wildman–Crippen MR) is 98.7 cm³/mol. The van der Waals surface area contributed by atoms with Gasteiger partial charge in [0.05, 0.1) is 12.7 Å². The van der Waals surface area contributed by atoms with Crippen LogP contribution in [-0.4, -0.2) is 35.8 Å². The minimum absolute atomic E-state index is 0.0436. The summed E-state index contributed by atoms with van der Waals surface area (Å²) < 4.78 is 5.18. The molecular weight excluding hydrogens is 338 g/mol. The number of H-pyrrole nitrogens is 1. The number of fused-ring (bicyclic) bond motifs is 1. The average Bonchev–Trinajstić information content (AvgIpc) is 2.63. The van der Waals surface area contributed by atoms with Crippen molar-refractivity contribution in [2.24, 2.45) is 0 Å². The Morgan fingerprint density at radius 2 is 2.04 bits per heavy atom. The third-order valence-electron chi connectivity index (χ3n) is 4.29. The van der Waals surface area contributed by atoms with E-state index in [2.05, 4.69) is 16.9 Å². The van der Waals surface area contributed by atoms with Crippen LogP contribution >= 0.6 is 11.8 Å². The van der Waals surface area contributed by atoms with Gasteiger partial charge >= 0.3 is 0 Å². The van der Waals surface area contributed by atoms with E-state index in [-0.39, 0.29) is 23.8 Å². The van der Waals surface area contributed by atoms with Crippen molar-refractivity contribution in [2.45, 2.75) is 30.8 Å². The summed E-state index contributed by atoms with van der Waals surface area (Å²) in [4.78, 5) is 34.1. The molecule has 0 fully saturated rings. The first-order valence-electron chi connectivity index (χ1n) is 8.22. The van der Waals surface area contributed by atoms with Gasteiger partial charge in [-0.15, -0.1) is 0 Å². The van der Waals surface area contributed by atoms with Gasteiger partial charge in [0.25, 0.3) is 5.56 Å². The van der Waals surface area contributed by atoms with Crippen LogP contribution in [0.3, 0.4) is 0 Å². The minimum Gasteiger partial charge on any atom is -0.497 e. The summed E-state index contributed by atoms with van der Waals surface area (Å²) in [5.41, 5.74) is 1.28. The molecule has 1 aliphatic heterocycles. The van der Waals surface area contributed by atoms with E-state index in [9.17, 15) is 9.59 Å². The second kappa shape index (κ2) is 7.31. The number of aromatic amines is 1. The molecule has 1 aromatic carbocycles. The van der Waals surface area contributed by atoms with E-state index in [4.69, 9.17) is 4.74 Å². The number of aromatic nitrogens is 2. The van der Waals surface area contributed by atoms with Crippen LogP contribution in [0.1, 0.15) is 36.8 Å². The van der Waals surface area contributed by atoms with Gasteiger partial charge in [-0.1, -0.05) is 30.8 Å². The Kier molecular flexibility index (Phi) is 5.13. The molecule has 132 valence electrons. The first-order valence-corrected chi connectivity index (χ1v) is 9.21. The van der Waals surface area contributed by atoms with E-state index < -0.39 is 0 Å². The van der Waals surface area contributed by atoms with Gasteiger partial charge in [0.2, 0.25) is 5.91 Å². The lowest BCUT2D eigenvalue weighted by atomic mass is 9.86. The zero-order chi connectivity index (χ0) is 18.0. The molecular formula is C18H21N3O3S. The normalized spacial score (nSPS) is 16.7. The Morgan fingerprint density at radius 1 is 1.32 bits per heavy atom. The van der Waals surface area contributed by atoms with Gasteiger partial charge in [0.1, 0.15) is 11.6 Å².